The molecule has 1 aromatic carbocycles. The number of rotatable bonds is 5. The fourth-order valence-electron chi connectivity index (χ4n) is 6.57. The van der Waals surface area contributed by atoms with E-state index in [1.165, 1.54) is 31.4 Å². The highest BCUT2D eigenvalue weighted by Gasteiger charge is 2.36. The molecule has 3 aliphatic rings. The van der Waals surface area contributed by atoms with Crippen LogP contribution in [0.4, 0.5) is 16.0 Å². The highest BCUT2D eigenvalue weighted by atomic mass is 19.1. The van der Waals surface area contributed by atoms with Crippen LogP contribution in [0.2, 0.25) is 0 Å². The van der Waals surface area contributed by atoms with Crippen LogP contribution < -0.4 is 16.3 Å². The van der Waals surface area contributed by atoms with Gasteiger partial charge in [0.05, 0.1) is 11.9 Å². The van der Waals surface area contributed by atoms with Gasteiger partial charge >= 0.3 is 5.69 Å². The van der Waals surface area contributed by atoms with E-state index in [0.29, 0.717) is 28.8 Å². The van der Waals surface area contributed by atoms with Crippen LogP contribution in [0.25, 0.3) is 11.2 Å². The van der Waals surface area contributed by atoms with E-state index in [1.807, 2.05) is 0 Å². The Labute approximate surface area is 215 Å². The summed E-state index contributed by atoms with van der Waals surface area (Å²) in [5.41, 5.74) is 1.56. The van der Waals surface area contributed by atoms with Crippen LogP contribution in [0.3, 0.4) is 0 Å². The smallest absolute Gasteiger partial charge is 0.330 e. The Balaban J connectivity index is 1.18. The van der Waals surface area contributed by atoms with Gasteiger partial charge in [0, 0.05) is 36.8 Å². The zero-order valence-electron chi connectivity index (χ0n) is 21.4. The molecule has 4 heterocycles. The van der Waals surface area contributed by atoms with Crippen LogP contribution in [0.5, 0.6) is 0 Å². The molecule has 3 fully saturated rings. The van der Waals surface area contributed by atoms with Gasteiger partial charge in [-0.3, -0.25) is 13.9 Å². The Morgan fingerprint density at radius 1 is 1.03 bits per heavy atom. The van der Waals surface area contributed by atoms with Crippen molar-refractivity contribution in [1.29, 1.82) is 0 Å². The number of aryl methyl sites for hydroxylation is 1. The third-order valence-corrected chi connectivity index (χ3v) is 8.68. The summed E-state index contributed by atoms with van der Waals surface area (Å²) in [7, 11) is 3.90. The number of hydrogen-bond donors (Lipinski definition) is 2. The number of hydrogen-bond acceptors (Lipinski definition) is 6. The first-order valence-corrected chi connectivity index (χ1v) is 13.4. The molecular weight excluding hydrogens is 473 g/mol. The van der Waals surface area contributed by atoms with Crippen molar-refractivity contribution in [3.05, 3.63) is 46.3 Å². The molecule has 2 unspecified atom stereocenters. The van der Waals surface area contributed by atoms with Crippen molar-refractivity contribution in [1.82, 2.24) is 29.3 Å². The molecule has 2 bridgehead atoms. The van der Waals surface area contributed by atoms with E-state index in [-0.39, 0.29) is 35.3 Å². The monoisotopic (exact) mass is 507 g/mol. The molecule has 10 heteroatoms. The van der Waals surface area contributed by atoms with E-state index in [0.717, 1.165) is 38.5 Å². The lowest BCUT2D eigenvalue weighted by Gasteiger charge is -2.47. The number of fused-ring (bicyclic) bond motifs is 3. The molecule has 0 spiro atoms. The maximum absolute atomic E-state index is 15.1. The van der Waals surface area contributed by atoms with Crippen LogP contribution in [0.15, 0.2) is 29.2 Å². The molecular formula is C27H34FN7O2. The van der Waals surface area contributed by atoms with Crippen molar-refractivity contribution in [2.45, 2.75) is 82.0 Å². The number of benzene rings is 1. The van der Waals surface area contributed by atoms with Crippen LogP contribution in [-0.4, -0.2) is 55.1 Å². The lowest BCUT2D eigenvalue weighted by atomic mass is 9.82. The van der Waals surface area contributed by atoms with E-state index in [2.05, 4.69) is 32.5 Å². The third kappa shape index (κ3) is 4.41. The molecule has 2 saturated heterocycles. The fourth-order valence-corrected chi connectivity index (χ4v) is 6.57. The van der Waals surface area contributed by atoms with Gasteiger partial charge in [0.25, 0.3) is 5.91 Å². The van der Waals surface area contributed by atoms with E-state index >= 15 is 4.39 Å². The van der Waals surface area contributed by atoms with Gasteiger partial charge in [-0.2, -0.15) is 4.98 Å². The lowest BCUT2D eigenvalue weighted by molar-refractivity contribution is 0.0463. The first-order valence-electron chi connectivity index (χ1n) is 13.4. The first kappa shape index (κ1) is 24.1. The molecule has 2 N–H and O–H groups in total. The summed E-state index contributed by atoms with van der Waals surface area (Å²) in [5, 5.41) is 6.06. The van der Waals surface area contributed by atoms with E-state index in [1.54, 1.807) is 28.4 Å². The average molecular weight is 508 g/mol. The predicted octanol–water partition coefficient (Wildman–Crippen LogP) is 3.87. The number of imidazole rings is 1. The summed E-state index contributed by atoms with van der Waals surface area (Å²) in [5.74, 6) is -0.600. The van der Waals surface area contributed by atoms with Gasteiger partial charge in [0.2, 0.25) is 5.95 Å². The maximum Gasteiger partial charge on any atom is 0.330 e. The Hall–Kier alpha value is -3.27. The lowest BCUT2D eigenvalue weighted by Crippen LogP contribution is -2.55. The minimum Gasteiger partial charge on any atom is -0.349 e. The van der Waals surface area contributed by atoms with Gasteiger partial charge < -0.3 is 15.5 Å². The van der Waals surface area contributed by atoms with Crippen molar-refractivity contribution < 1.29 is 9.18 Å². The normalized spacial score (nSPS) is 24.5. The topological polar surface area (TPSA) is 97.1 Å². The Kier molecular flexibility index (Phi) is 6.22. The standard InChI is InChI=1S/C27H34FN7O2/c1-33-19-8-5-9-20(33)14-17(13-19)30-25(36)16-10-11-22(21(28)12-16)31-26-29-15-23-24(32-26)35(27(37)34(23)2)18-6-3-4-7-18/h10-12,15,17-20H,3-9,13-14H2,1-2H3,(H,30,36)(H,29,31,32). The fraction of sp³-hybridized carbons (Fsp3) is 0.556. The summed E-state index contributed by atoms with van der Waals surface area (Å²) < 4.78 is 18.4. The number of aromatic nitrogens is 4. The largest absolute Gasteiger partial charge is 0.349 e. The zero-order chi connectivity index (χ0) is 25.7. The number of piperidine rings is 2. The molecule has 2 aliphatic heterocycles. The van der Waals surface area contributed by atoms with Crippen molar-refractivity contribution in [2.75, 3.05) is 12.4 Å². The third-order valence-electron chi connectivity index (χ3n) is 8.68. The molecule has 2 atom stereocenters. The SMILES string of the molecule is CN1C2CCCC1CC(NC(=O)c1ccc(Nc3ncc4c(n3)n(C3CCCC3)c(=O)n4C)c(F)c1)C2. The molecule has 6 rings (SSSR count). The van der Waals surface area contributed by atoms with Crippen LogP contribution in [0.1, 0.15) is 74.2 Å². The predicted molar refractivity (Wildman–Crippen MR) is 140 cm³/mol. The second-order valence-electron chi connectivity index (χ2n) is 10.9. The van der Waals surface area contributed by atoms with Crippen LogP contribution in [0, 0.1) is 5.82 Å². The van der Waals surface area contributed by atoms with Gasteiger partial charge in [-0.15, -0.1) is 0 Å². The van der Waals surface area contributed by atoms with E-state index < -0.39 is 5.82 Å². The van der Waals surface area contributed by atoms with E-state index in [4.69, 9.17) is 0 Å². The summed E-state index contributed by atoms with van der Waals surface area (Å²) in [6, 6.07) is 5.66. The quantitative estimate of drug-likeness (QED) is 0.544. The van der Waals surface area contributed by atoms with Crippen molar-refractivity contribution in [3.63, 3.8) is 0 Å². The average Bonchev–Trinajstić information content (AvgIpc) is 3.47. The Bertz CT molecular complexity index is 1380. The Morgan fingerprint density at radius 3 is 2.43 bits per heavy atom. The summed E-state index contributed by atoms with van der Waals surface area (Å²) in [6.45, 7) is 0. The van der Waals surface area contributed by atoms with Gasteiger partial charge in [0.1, 0.15) is 11.3 Å². The van der Waals surface area contributed by atoms with Gasteiger partial charge in [-0.1, -0.05) is 19.3 Å². The number of halogens is 1. The highest BCUT2D eigenvalue weighted by molar-refractivity contribution is 5.94. The molecule has 196 valence electrons. The molecule has 0 radical (unpaired) electrons. The molecule has 9 nitrogen and oxygen atoms in total. The number of carbonyl (C=O) groups is 1. The van der Waals surface area contributed by atoms with Gasteiger partial charge in [-0.05, 0) is 63.8 Å². The van der Waals surface area contributed by atoms with Crippen LogP contribution in [-0.2, 0) is 7.05 Å². The molecule has 3 aromatic rings. The molecule has 1 aliphatic carbocycles. The minimum atomic E-state index is -0.558. The zero-order valence-corrected chi connectivity index (χ0v) is 21.4. The molecule has 37 heavy (non-hydrogen) atoms. The van der Waals surface area contributed by atoms with Crippen LogP contribution >= 0.6 is 0 Å². The highest BCUT2D eigenvalue weighted by Crippen LogP contribution is 2.33. The number of carbonyl (C=O) groups excluding carboxylic acids is 1. The van der Waals surface area contributed by atoms with Crippen molar-refractivity contribution in [3.8, 4) is 0 Å². The van der Waals surface area contributed by atoms with E-state index in [9.17, 15) is 9.59 Å². The number of anilines is 2. The number of nitrogens with one attached hydrogen (secondary N) is 2. The van der Waals surface area contributed by atoms with Gasteiger partial charge in [-0.25, -0.2) is 14.2 Å². The maximum atomic E-state index is 15.1. The summed E-state index contributed by atoms with van der Waals surface area (Å²) in [6.07, 6.45) is 11.1. The minimum absolute atomic E-state index is 0.108. The van der Waals surface area contributed by atoms with Gasteiger partial charge in [0.15, 0.2) is 5.65 Å². The second-order valence-corrected chi connectivity index (χ2v) is 10.9. The number of nitrogens with zero attached hydrogens (tertiary/aromatic N) is 5. The first-order chi connectivity index (χ1) is 17.9. The molecule has 1 saturated carbocycles. The number of amides is 1. The second kappa shape index (κ2) is 9.55. The van der Waals surface area contributed by atoms with Crippen molar-refractivity contribution >= 4 is 28.7 Å². The molecule has 1 amide bonds. The summed E-state index contributed by atoms with van der Waals surface area (Å²) >= 11 is 0. The van der Waals surface area contributed by atoms with Crippen molar-refractivity contribution in [2.24, 2.45) is 7.05 Å². The summed E-state index contributed by atoms with van der Waals surface area (Å²) in [4.78, 5) is 37.1. The molecule has 2 aromatic heterocycles. The Morgan fingerprint density at radius 2 is 1.73 bits per heavy atom.